The van der Waals surface area contributed by atoms with Crippen molar-refractivity contribution >= 4 is 23.2 Å². The number of amides is 1. The smallest absolute Gasteiger partial charge is 0.313 e. The van der Waals surface area contributed by atoms with Crippen molar-refractivity contribution in [3.63, 3.8) is 0 Å². The van der Waals surface area contributed by atoms with Gasteiger partial charge in [-0.15, -0.1) is 0 Å². The van der Waals surface area contributed by atoms with E-state index in [9.17, 15) is 4.79 Å². The van der Waals surface area contributed by atoms with Crippen molar-refractivity contribution < 1.29 is 18.5 Å². The first-order valence-corrected chi connectivity index (χ1v) is 10.7. The van der Waals surface area contributed by atoms with Crippen molar-refractivity contribution in [1.29, 1.82) is 0 Å². The van der Waals surface area contributed by atoms with Crippen LogP contribution in [0.15, 0.2) is 81.0 Å². The lowest BCUT2D eigenvalue weighted by Crippen LogP contribution is -2.27. The summed E-state index contributed by atoms with van der Waals surface area (Å²) in [6.45, 7) is 1.78. The number of ether oxygens (including phenoxy) is 1. The Labute approximate surface area is 195 Å². The normalized spacial score (nSPS) is 15.5. The van der Waals surface area contributed by atoms with Crippen LogP contribution < -0.4 is 4.74 Å². The van der Waals surface area contributed by atoms with Gasteiger partial charge in [0.15, 0.2) is 0 Å². The molecule has 0 radical (unpaired) electrons. The highest BCUT2D eigenvalue weighted by Gasteiger charge is 2.38. The molecule has 3 heterocycles. The van der Waals surface area contributed by atoms with E-state index < -0.39 is 11.9 Å². The number of hydrazone groups is 1. The number of para-hydroxylation sites is 1. The molecule has 1 aliphatic heterocycles. The van der Waals surface area contributed by atoms with Crippen molar-refractivity contribution in [1.82, 2.24) is 10.2 Å². The minimum atomic E-state index is -0.430. The Bertz CT molecular complexity index is 1340. The third-order valence-electron chi connectivity index (χ3n) is 5.66. The Hall–Kier alpha value is -3.84. The maximum Gasteiger partial charge on any atom is 0.313 e. The Morgan fingerprint density at radius 2 is 1.85 bits per heavy atom. The van der Waals surface area contributed by atoms with Gasteiger partial charge in [-0.25, -0.2) is 5.01 Å². The molecular weight excluding hydrogens is 442 g/mol. The maximum atomic E-state index is 13.6. The molecule has 0 spiro atoms. The number of furan rings is 1. The van der Waals surface area contributed by atoms with Gasteiger partial charge in [0.2, 0.25) is 5.76 Å². The van der Waals surface area contributed by atoms with E-state index in [1.807, 2.05) is 48.5 Å². The highest BCUT2D eigenvalue weighted by atomic mass is 35.5. The topological polar surface area (TPSA) is 81.1 Å². The van der Waals surface area contributed by atoms with Gasteiger partial charge in [-0.3, -0.25) is 4.79 Å². The number of carbonyl (C=O) groups is 1. The second kappa shape index (κ2) is 8.60. The second-order valence-corrected chi connectivity index (χ2v) is 8.00. The van der Waals surface area contributed by atoms with Crippen LogP contribution in [0, 0.1) is 6.92 Å². The van der Waals surface area contributed by atoms with E-state index >= 15 is 0 Å². The van der Waals surface area contributed by atoms with Crippen molar-refractivity contribution in [2.45, 2.75) is 19.4 Å². The number of methoxy groups -OCH3 is 1. The predicted molar refractivity (Wildman–Crippen MR) is 123 cm³/mol. The number of benzene rings is 2. The predicted octanol–water partition coefficient (Wildman–Crippen LogP) is 5.90. The van der Waals surface area contributed by atoms with Crippen LogP contribution in [-0.2, 0) is 0 Å². The van der Waals surface area contributed by atoms with Gasteiger partial charge >= 0.3 is 5.91 Å². The standard InChI is InChI=1S/C25H20ClN3O4/c1-15-23(16-8-3-5-10-18(16)26)28-33-24(15)25(30)29-20(22-12-7-13-32-22)14-19(27-29)17-9-4-6-11-21(17)31-2/h3-13,20H,14H2,1-2H3/t20-/m0/s1. The number of aromatic nitrogens is 1. The first-order chi connectivity index (χ1) is 16.1. The summed E-state index contributed by atoms with van der Waals surface area (Å²) in [4.78, 5) is 13.6. The van der Waals surface area contributed by atoms with Crippen LogP contribution in [0.5, 0.6) is 5.75 Å². The van der Waals surface area contributed by atoms with Crippen LogP contribution in [-0.4, -0.2) is 28.9 Å². The van der Waals surface area contributed by atoms with Crippen molar-refractivity contribution in [3.05, 3.63) is 94.6 Å². The average Bonchev–Trinajstić information content (AvgIpc) is 3.59. The summed E-state index contributed by atoms with van der Waals surface area (Å²) in [7, 11) is 1.61. The highest BCUT2D eigenvalue weighted by Crippen LogP contribution is 2.37. The van der Waals surface area contributed by atoms with Crippen LogP contribution in [0.25, 0.3) is 11.3 Å². The fraction of sp³-hybridized carbons (Fsp3) is 0.160. The molecule has 2 aromatic heterocycles. The fourth-order valence-electron chi connectivity index (χ4n) is 3.99. The van der Waals surface area contributed by atoms with Gasteiger partial charge in [0, 0.05) is 23.1 Å². The highest BCUT2D eigenvalue weighted by molar-refractivity contribution is 6.33. The Kier molecular flexibility index (Phi) is 5.48. The molecule has 1 aliphatic rings. The number of rotatable bonds is 5. The molecular formula is C25H20ClN3O4. The van der Waals surface area contributed by atoms with E-state index in [0.29, 0.717) is 45.5 Å². The molecule has 4 aromatic rings. The lowest BCUT2D eigenvalue weighted by atomic mass is 10.0. The number of hydrogen-bond donors (Lipinski definition) is 0. The molecule has 2 aromatic carbocycles. The van der Waals surface area contributed by atoms with Crippen LogP contribution in [0.4, 0.5) is 0 Å². The zero-order chi connectivity index (χ0) is 22.9. The van der Waals surface area contributed by atoms with Gasteiger partial charge in [-0.05, 0) is 37.3 Å². The largest absolute Gasteiger partial charge is 0.496 e. The first kappa shape index (κ1) is 21.0. The summed E-state index contributed by atoms with van der Waals surface area (Å²) in [5, 5.41) is 10.7. The SMILES string of the molecule is COc1ccccc1C1=NN(C(=O)c2onc(-c3ccccc3Cl)c2C)[C@H](c2ccco2)C1. The zero-order valence-electron chi connectivity index (χ0n) is 18.0. The number of halogens is 1. The van der Waals surface area contributed by atoms with Gasteiger partial charge in [0.1, 0.15) is 23.2 Å². The summed E-state index contributed by atoms with van der Waals surface area (Å²) in [6.07, 6.45) is 2.04. The summed E-state index contributed by atoms with van der Waals surface area (Å²) >= 11 is 6.33. The molecule has 5 rings (SSSR count). The number of nitrogens with zero attached hydrogens (tertiary/aromatic N) is 3. The molecule has 0 N–H and O–H groups in total. The van der Waals surface area contributed by atoms with Crippen LogP contribution in [0.3, 0.4) is 0 Å². The Morgan fingerprint density at radius 3 is 2.58 bits per heavy atom. The summed E-state index contributed by atoms with van der Waals surface area (Å²) in [5.41, 5.74) is 3.34. The van der Waals surface area contributed by atoms with E-state index in [1.165, 1.54) is 5.01 Å². The van der Waals surface area contributed by atoms with Gasteiger partial charge in [-0.2, -0.15) is 5.10 Å². The molecule has 0 aliphatic carbocycles. The quantitative estimate of drug-likeness (QED) is 0.369. The van der Waals surface area contributed by atoms with Gasteiger partial charge in [0.05, 0.1) is 24.1 Å². The number of carbonyl (C=O) groups excluding carboxylic acids is 1. The van der Waals surface area contributed by atoms with Crippen LogP contribution in [0.1, 0.15) is 39.9 Å². The van der Waals surface area contributed by atoms with Crippen LogP contribution >= 0.6 is 11.6 Å². The van der Waals surface area contributed by atoms with Crippen molar-refractivity contribution in [2.24, 2.45) is 5.10 Å². The molecule has 0 unspecified atom stereocenters. The maximum absolute atomic E-state index is 13.6. The molecule has 0 bridgehead atoms. The Balaban J connectivity index is 1.55. The van der Waals surface area contributed by atoms with E-state index in [2.05, 4.69) is 10.3 Å². The van der Waals surface area contributed by atoms with Gasteiger partial charge < -0.3 is 13.7 Å². The third-order valence-corrected chi connectivity index (χ3v) is 5.98. The molecule has 0 fully saturated rings. The molecule has 0 saturated heterocycles. The number of hydrogen-bond acceptors (Lipinski definition) is 6. The lowest BCUT2D eigenvalue weighted by molar-refractivity contribution is 0.0649. The first-order valence-electron chi connectivity index (χ1n) is 10.4. The third kappa shape index (κ3) is 3.70. The lowest BCUT2D eigenvalue weighted by Gasteiger charge is -2.18. The molecule has 0 saturated carbocycles. The van der Waals surface area contributed by atoms with Crippen LogP contribution in [0.2, 0.25) is 5.02 Å². The molecule has 1 atom stereocenters. The molecule has 166 valence electrons. The summed E-state index contributed by atoms with van der Waals surface area (Å²) in [6, 6.07) is 18.0. The van der Waals surface area contributed by atoms with E-state index in [1.54, 1.807) is 32.4 Å². The fourth-order valence-corrected chi connectivity index (χ4v) is 4.21. The van der Waals surface area contributed by atoms with Crippen molar-refractivity contribution in [2.75, 3.05) is 7.11 Å². The average molecular weight is 462 g/mol. The Morgan fingerprint density at radius 1 is 1.09 bits per heavy atom. The molecule has 1 amide bonds. The van der Waals surface area contributed by atoms with E-state index in [0.717, 1.165) is 5.56 Å². The monoisotopic (exact) mass is 461 g/mol. The molecule has 8 heteroatoms. The summed E-state index contributed by atoms with van der Waals surface area (Å²) < 4.78 is 16.6. The van der Waals surface area contributed by atoms with E-state index in [4.69, 9.17) is 25.3 Å². The van der Waals surface area contributed by atoms with Gasteiger partial charge in [-0.1, -0.05) is 47.1 Å². The second-order valence-electron chi connectivity index (χ2n) is 7.60. The van der Waals surface area contributed by atoms with Crippen molar-refractivity contribution in [3.8, 4) is 17.0 Å². The minimum absolute atomic E-state index is 0.103. The molecule has 33 heavy (non-hydrogen) atoms. The minimum Gasteiger partial charge on any atom is -0.496 e. The summed E-state index contributed by atoms with van der Waals surface area (Å²) in [5.74, 6) is 0.997. The zero-order valence-corrected chi connectivity index (χ0v) is 18.7. The van der Waals surface area contributed by atoms with Gasteiger partial charge in [0.25, 0.3) is 0 Å². The molecule has 7 nitrogen and oxygen atoms in total. The van der Waals surface area contributed by atoms with E-state index in [-0.39, 0.29) is 5.76 Å².